The molecule has 1 unspecified atom stereocenters. The Morgan fingerprint density at radius 2 is 1.91 bits per heavy atom. The maximum Gasteiger partial charge on any atom is 0.249 e. The van der Waals surface area contributed by atoms with E-state index in [1.54, 1.807) is 4.90 Å². The van der Waals surface area contributed by atoms with Crippen LogP contribution in [0.1, 0.15) is 26.2 Å². The predicted octanol–water partition coefficient (Wildman–Crippen LogP) is 1.64. The molecule has 3 rings (SSSR count). The first-order chi connectivity index (χ1) is 11.2. The average Bonchev–Trinajstić information content (AvgIpc) is 2.99. The SMILES string of the molecule is CCN(C(=O)C1CCNCC1)C1CCN(c2ccccc2)C1=O. The molecule has 0 radical (unpaired) electrons. The van der Waals surface area contributed by atoms with E-state index in [0.29, 0.717) is 13.1 Å². The van der Waals surface area contributed by atoms with Gasteiger partial charge in [0.2, 0.25) is 11.8 Å². The van der Waals surface area contributed by atoms with Crippen molar-refractivity contribution in [3.63, 3.8) is 0 Å². The third-order valence-corrected chi connectivity index (χ3v) is 4.93. The van der Waals surface area contributed by atoms with Crippen LogP contribution < -0.4 is 10.2 Å². The van der Waals surface area contributed by atoms with E-state index < -0.39 is 0 Å². The highest BCUT2D eigenvalue weighted by atomic mass is 16.2. The van der Waals surface area contributed by atoms with Crippen LogP contribution in [-0.2, 0) is 9.59 Å². The number of benzene rings is 1. The number of piperidine rings is 1. The number of para-hydroxylation sites is 1. The first kappa shape index (κ1) is 16.0. The van der Waals surface area contributed by atoms with Crippen molar-refractivity contribution in [2.45, 2.75) is 32.2 Å². The van der Waals surface area contributed by atoms with Gasteiger partial charge in [0.05, 0.1) is 0 Å². The van der Waals surface area contributed by atoms with E-state index in [1.807, 2.05) is 42.2 Å². The van der Waals surface area contributed by atoms with Crippen LogP contribution in [0.25, 0.3) is 0 Å². The van der Waals surface area contributed by atoms with E-state index in [1.165, 1.54) is 0 Å². The second-order valence-corrected chi connectivity index (χ2v) is 6.28. The number of anilines is 1. The number of nitrogens with zero attached hydrogens (tertiary/aromatic N) is 2. The zero-order chi connectivity index (χ0) is 16.2. The lowest BCUT2D eigenvalue weighted by Gasteiger charge is -2.32. The van der Waals surface area contributed by atoms with Crippen LogP contribution in [0.3, 0.4) is 0 Å². The molecule has 124 valence electrons. The zero-order valence-corrected chi connectivity index (χ0v) is 13.7. The molecule has 23 heavy (non-hydrogen) atoms. The quantitative estimate of drug-likeness (QED) is 0.919. The summed E-state index contributed by atoms with van der Waals surface area (Å²) < 4.78 is 0. The van der Waals surface area contributed by atoms with Gasteiger partial charge in [0.25, 0.3) is 0 Å². The molecule has 5 heteroatoms. The Kier molecular flexibility index (Phi) is 4.96. The Bertz CT molecular complexity index is 555. The molecular formula is C18H25N3O2. The van der Waals surface area contributed by atoms with Crippen LogP contribution in [0, 0.1) is 5.92 Å². The number of likely N-dealkylation sites (N-methyl/N-ethyl adjacent to an activating group) is 1. The van der Waals surface area contributed by atoms with Gasteiger partial charge < -0.3 is 15.1 Å². The Morgan fingerprint density at radius 3 is 2.57 bits per heavy atom. The molecule has 1 aromatic rings. The summed E-state index contributed by atoms with van der Waals surface area (Å²) in [6, 6.07) is 9.42. The van der Waals surface area contributed by atoms with E-state index in [9.17, 15) is 9.59 Å². The van der Waals surface area contributed by atoms with Gasteiger partial charge in [-0.15, -0.1) is 0 Å². The summed E-state index contributed by atoms with van der Waals surface area (Å²) in [7, 11) is 0. The molecule has 0 aliphatic carbocycles. The van der Waals surface area contributed by atoms with Gasteiger partial charge >= 0.3 is 0 Å². The van der Waals surface area contributed by atoms with E-state index in [2.05, 4.69) is 5.32 Å². The first-order valence-electron chi connectivity index (χ1n) is 8.60. The van der Waals surface area contributed by atoms with Gasteiger partial charge in [-0.25, -0.2) is 0 Å². The van der Waals surface area contributed by atoms with Crippen molar-refractivity contribution in [3.05, 3.63) is 30.3 Å². The van der Waals surface area contributed by atoms with Crippen molar-refractivity contribution in [3.8, 4) is 0 Å². The second kappa shape index (κ2) is 7.13. The minimum atomic E-state index is -0.303. The molecule has 2 amide bonds. The maximum absolute atomic E-state index is 12.8. The van der Waals surface area contributed by atoms with Crippen molar-refractivity contribution in [1.82, 2.24) is 10.2 Å². The largest absolute Gasteiger partial charge is 0.331 e. The van der Waals surface area contributed by atoms with Crippen LogP contribution in [-0.4, -0.2) is 48.9 Å². The van der Waals surface area contributed by atoms with Crippen molar-refractivity contribution in [2.24, 2.45) is 5.92 Å². The number of carbonyl (C=O) groups is 2. The van der Waals surface area contributed by atoms with Gasteiger partial charge in [0.1, 0.15) is 6.04 Å². The molecule has 0 aromatic heterocycles. The smallest absolute Gasteiger partial charge is 0.249 e. The minimum Gasteiger partial charge on any atom is -0.331 e. The Hall–Kier alpha value is -1.88. The van der Waals surface area contributed by atoms with Crippen LogP contribution >= 0.6 is 0 Å². The fourth-order valence-electron chi connectivity index (χ4n) is 3.65. The molecule has 2 aliphatic rings. The number of amides is 2. The van der Waals surface area contributed by atoms with E-state index in [4.69, 9.17) is 0 Å². The number of hydrogen-bond donors (Lipinski definition) is 1. The highest BCUT2D eigenvalue weighted by molar-refractivity contribution is 6.01. The predicted molar refractivity (Wildman–Crippen MR) is 90.2 cm³/mol. The van der Waals surface area contributed by atoms with Gasteiger partial charge in [-0.1, -0.05) is 18.2 Å². The Balaban J connectivity index is 1.72. The Morgan fingerprint density at radius 1 is 1.22 bits per heavy atom. The van der Waals surface area contributed by atoms with Crippen LogP contribution in [0.2, 0.25) is 0 Å². The lowest BCUT2D eigenvalue weighted by molar-refractivity contribution is -0.142. The molecule has 1 atom stereocenters. The fraction of sp³-hybridized carbons (Fsp3) is 0.556. The van der Waals surface area contributed by atoms with Gasteiger partial charge in [0, 0.05) is 24.7 Å². The Labute approximate surface area is 137 Å². The molecule has 1 aromatic carbocycles. The molecule has 0 spiro atoms. The summed E-state index contributed by atoms with van der Waals surface area (Å²) in [6.45, 7) is 5.04. The van der Waals surface area contributed by atoms with Gasteiger partial charge in [0.15, 0.2) is 0 Å². The van der Waals surface area contributed by atoms with Crippen molar-refractivity contribution in [2.75, 3.05) is 31.1 Å². The maximum atomic E-state index is 12.8. The van der Waals surface area contributed by atoms with Crippen molar-refractivity contribution in [1.29, 1.82) is 0 Å². The van der Waals surface area contributed by atoms with Crippen LogP contribution in [0.4, 0.5) is 5.69 Å². The van der Waals surface area contributed by atoms with Crippen molar-refractivity contribution >= 4 is 17.5 Å². The van der Waals surface area contributed by atoms with E-state index in [0.717, 1.165) is 38.0 Å². The highest BCUT2D eigenvalue weighted by Gasteiger charge is 2.39. The second-order valence-electron chi connectivity index (χ2n) is 6.28. The summed E-state index contributed by atoms with van der Waals surface area (Å²) in [5.41, 5.74) is 0.922. The van der Waals surface area contributed by atoms with Crippen LogP contribution in [0.5, 0.6) is 0 Å². The van der Waals surface area contributed by atoms with Gasteiger partial charge in [-0.2, -0.15) is 0 Å². The molecule has 2 saturated heterocycles. The third-order valence-electron chi connectivity index (χ3n) is 4.93. The molecule has 0 bridgehead atoms. The number of carbonyl (C=O) groups excluding carboxylic acids is 2. The standard InChI is InChI=1S/C18H25N3O2/c1-2-20(17(22)14-8-11-19-12-9-14)16-10-13-21(18(16)23)15-6-4-3-5-7-15/h3-7,14,16,19H,2,8-13H2,1H3. The normalized spacial score (nSPS) is 22.4. The monoisotopic (exact) mass is 315 g/mol. The summed E-state index contributed by atoms with van der Waals surface area (Å²) in [5, 5.41) is 3.29. The summed E-state index contributed by atoms with van der Waals surface area (Å²) >= 11 is 0. The average molecular weight is 315 g/mol. The number of rotatable bonds is 4. The summed E-state index contributed by atoms with van der Waals surface area (Å²) in [4.78, 5) is 29.3. The molecule has 2 aliphatic heterocycles. The van der Waals surface area contributed by atoms with Gasteiger partial charge in [-0.05, 0) is 51.4 Å². The lowest BCUT2D eigenvalue weighted by atomic mass is 9.95. The number of nitrogens with one attached hydrogen (secondary N) is 1. The molecule has 2 fully saturated rings. The van der Waals surface area contributed by atoms with E-state index in [-0.39, 0.29) is 23.8 Å². The molecule has 2 heterocycles. The van der Waals surface area contributed by atoms with Gasteiger partial charge in [-0.3, -0.25) is 9.59 Å². The topological polar surface area (TPSA) is 52.7 Å². The molecule has 5 nitrogen and oxygen atoms in total. The molecular weight excluding hydrogens is 290 g/mol. The minimum absolute atomic E-state index is 0.0559. The molecule has 0 saturated carbocycles. The third kappa shape index (κ3) is 3.24. The zero-order valence-electron chi connectivity index (χ0n) is 13.7. The molecule has 1 N–H and O–H groups in total. The fourth-order valence-corrected chi connectivity index (χ4v) is 3.65. The number of hydrogen-bond acceptors (Lipinski definition) is 3. The van der Waals surface area contributed by atoms with Crippen molar-refractivity contribution < 1.29 is 9.59 Å². The van der Waals surface area contributed by atoms with Crippen LogP contribution in [0.15, 0.2) is 30.3 Å². The highest BCUT2D eigenvalue weighted by Crippen LogP contribution is 2.26. The summed E-state index contributed by atoms with van der Waals surface area (Å²) in [5.74, 6) is 0.275. The lowest BCUT2D eigenvalue weighted by Crippen LogP contribution is -2.49. The summed E-state index contributed by atoms with van der Waals surface area (Å²) in [6.07, 6.45) is 2.47. The first-order valence-corrected chi connectivity index (χ1v) is 8.60. The van der Waals surface area contributed by atoms with E-state index >= 15 is 0 Å².